The zero-order chi connectivity index (χ0) is 25.4. The first kappa shape index (κ1) is 25.8. The van der Waals surface area contributed by atoms with Crippen molar-refractivity contribution >= 4 is 29.4 Å². The number of nitrogens with zero attached hydrogens (tertiary/aromatic N) is 3. The standard InChI is InChI=1S/C25H28FN3O6/c1-2-35-23(32)15-22(31)29(12-4-11-28-10-3-5-21(28)30)20-14-18(16-27-24(20)25(33)34)13-17-6-8-19(26)9-7-17/h6-9,14,16H,2-5,10-13,15H2,1H3,(H,33,34). The molecule has 1 fully saturated rings. The van der Waals surface area contributed by atoms with Crippen molar-refractivity contribution in [2.24, 2.45) is 0 Å². The molecular formula is C25H28FN3O6. The van der Waals surface area contributed by atoms with Crippen molar-refractivity contribution in [1.29, 1.82) is 0 Å². The zero-order valence-corrected chi connectivity index (χ0v) is 19.5. The molecule has 1 saturated heterocycles. The number of esters is 1. The number of anilines is 1. The number of ether oxygens (including phenoxy) is 1. The summed E-state index contributed by atoms with van der Waals surface area (Å²) in [4.78, 5) is 55.9. The number of halogens is 1. The molecule has 1 aromatic heterocycles. The van der Waals surface area contributed by atoms with Gasteiger partial charge in [0.1, 0.15) is 12.2 Å². The number of aromatic carboxylic acids is 1. The molecule has 1 N–H and O–H groups in total. The number of aromatic nitrogens is 1. The van der Waals surface area contributed by atoms with Crippen LogP contribution in [0.1, 0.15) is 54.2 Å². The maximum absolute atomic E-state index is 13.3. The van der Waals surface area contributed by atoms with Gasteiger partial charge in [-0.25, -0.2) is 14.2 Å². The van der Waals surface area contributed by atoms with E-state index in [2.05, 4.69) is 4.98 Å². The van der Waals surface area contributed by atoms with E-state index in [9.17, 15) is 28.7 Å². The summed E-state index contributed by atoms with van der Waals surface area (Å²) < 4.78 is 18.1. The van der Waals surface area contributed by atoms with E-state index in [1.165, 1.54) is 23.2 Å². The summed E-state index contributed by atoms with van der Waals surface area (Å²) in [5, 5.41) is 9.72. The fraction of sp³-hybridized carbons (Fsp3) is 0.400. The van der Waals surface area contributed by atoms with E-state index >= 15 is 0 Å². The Morgan fingerprint density at radius 1 is 1.20 bits per heavy atom. The Bertz CT molecular complexity index is 1090. The highest BCUT2D eigenvalue weighted by molar-refractivity contribution is 6.06. The third-order valence-electron chi connectivity index (χ3n) is 5.62. The van der Waals surface area contributed by atoms with Crippen molar-refractivity contribution < 1.29 is 33.4 Å². The van der Waals surface area contributed by atoms with Crippen molar-refractivity contribution in [3.63, 3.8) is 0 Å². The monoisotopic (exact) mass is 485 g/mol. The van der Waals surface area contributed by atoms with E-state index in [1.54, 1.807) is 30.0 Å². The molecule has 1 aromatic carbocycles. The fourth-order valence-corrected chi connectivity index (χ4v) is 3.97. The maximum Gasteiger partial charge on any atom is 0.356 e. The second kappa shape index (κ2) is 12.0. The third kappa shape index (κ3) is 7.08. The first-order valence-corrected chi connectivity index (χ1v) is 11.5. The molecule has 2 aromatic rings. The van der Waals surface area contributed by atoms with Crippen molar-refractivity contribution in [2.45, 2.75) is 39.0 Å². The van der Waals surface area contributed by atoms with Crippen LogP contribution in [0.15, 0.2) is 36.5 Å². The van der Waals surface area contributed by atoms with Gasteiger partial charge in [-0.1, -0.05) is 12.1 Å². The van der Waals surface area contributed by atoms with Gasteiger partial charge >= 0.3 is 11.9 Å². The molecule has 0 bridgehead atoms. The Balaban J connectivity index is 1.88. The zero-order valence-electron chi connectivity index (χ0n) is 19.5. The van der Waals surface area contributed by atoms with Gasteiger partial charge in [0, 0.05) is 32.3 Å². The quantitative estimate of drug-likeness (QED) is 0.384. The Labute approximate surface area is 202 Å². The number of carbonyl (C=O) groups excluding carboxylic acids is 3. The van der Waals surface area contributed by atoms with Crippen molar-refractivity contribution in [3.8, 4) is 0 Å². The van der Waals surface area contributed by atoms with Gasteiger partial charge in [0.2, 0.25) is 11.8 Å². The minimum absolute atomic E-state index is 0.0450. The largest absolute Gasteiger partial charge is 0.476 e. The van der Waals surface area contributed by atoms with Crippen LogP contribution in [0.3, 0.4) is 0 Å². The number of pyridine rings is 1. The van der Waals surface area contributed by atoms with Crippen molar-refractivity contribution in [1.82, 2.24) is 9.88 Å². The number of carbonyl (C=O) groups is 4. The molecule has 35 heavy (non-hydrogen) atoms. The van der Waals surface area contributed by atoms with Gasteiger partial charge in [0.15, 0.2) is 5.69 Å². The minimum Gasteiger partial charge on any atom is -0.476 e. The van der Waals surface area contributed by atoms with Gasteiger partial charge in [0.25, 0.3) is 0 Å². The summed E-state index contributed by atoms with van der Waals surface area (Å²) in [6.45, 7) is 2.87. The van der Waals surface area contributed by atoms with Gasteiger partial charge in [-0.3, -0.25) is 14.4 Å². The van der Waals surface area contributed by atoms with Crippen LogP contribution in [-0.2, 0) is 25.5 Å². The molecule has 0 radical (unpaired) electrons. The highest BCUT2D eigenvalue weighted by Gasteiger charge is 2.26. The number of hydrogen-bond acceptors (Lipinski definition) is 6. The van der Waals surface area contributed by atoms with E-state index in [0.717, 1.165) is 12.0 Å². The smallest absolute Gasteiger partial charge is 0.356 e. The number of hydrogen-bond donors (Lipinski definition) is 1. The van der Waals surface area contributed by atoms with Crippen molar-refractivity contribution in [2.75, 3.05) is 31.1 Å². The molecule has 0 aliphatic carbocycles. The van der Waals surface area contributed by atoms with Crippen LogP contribution in [-0.4, -0.2) is 65.0 Å². The Kier molecular flexibility index (Phi) is 8.88. The van der Waals surface area contributed by atoms with Gasteiger partial charge in [-0.15, -0.1) is 0 Å². The molecule has 1 aliphatic rings. The molecule has 0 atom stereocenters. The third-order valence-corrected chi connectivity index (χ3v) is 5.62. The van der Waals surface area contributed by atoms with Gasteiger partial charge < -0.3 is 19.6 Å². The van der Waals surface area contributed by atoms with Crippen LogP contribution < -0.4 is 4.90 Å². The summed E-state index contributed by atoms with van der Waals surface area (Å²) in [5.41, 5.74) is 1.11. The lowest BCUT2D eigenvalue weighted by Gasteiger charge is -2.25. The highest BCUT2D eigenvalue weighted by Crippen LogP contribution is 2.24. The van der Waals surface area contributed by atoms with E-state index < -0.39 is 24.3 Å². The molecule has 186 valence electrons. The number of benzene rings is 1. The van der Waals surface area contributed by atoms with Crippen LogP contribution in [0, 0.1) is 5.82 Å². The molecule has 10 heteroatoms. The van der Waals surface area contributed by atoms with Crippen LogP contribution >= 0.6 is 0 Å². The van der Waals surface area contributed by atoms with Gasteiger partial charge in [0.05, 0.1) is 12.3 Å². The second-order valence-electron chi connectivity index (χ2n) is 8.18. The molecule has 1 aliphatic heterocycles. The molecule has 0 unspecified atom stereocenters. The minimum atomic E-state index is -1.32. The Hall–Kier alpha value is -3.82. The number of carboxylic acid groups (broad SMARTS) is 1. The van der Waals surface area contributed by atoms with Crippen LogP contribution in [0.2, 0.25) is 0 Å². The highest BCUT2D eigenvalue weighted by atomic mass is 19.1. The van der Waals surface area contributed by atoms with E-state index in [0.29, 0.717) is 37.9 Å². The predicted molar refractivity (Wildman–Crippen MR) is 124 cm³/mol. The first-order valence-electron chi connectivity index (χ1n) is 11.5. The molecule has 3 rings (SSSR count). The van der Waals surface area contributed by atoms with Crippen LogP contribution in [0.5, 0.6) is 0 Å². The molecule has 2 amide bonds. The molecule has 0 saturated carbocycles. The lowest BCUT2D eigenvalue weighted by atomic mass is 10.0. The fourth-order valence-electron chi connectivity index (χ4n) is 3.97. The summed E-state index contributed by atoms with van der Waals surface area (Å²) in [5.74, 6) is -2.99. The second-order valence-corrected chi connectivity index (χ2v) is 8.18. The SMILES string of the molecule is CCOC(=O)CC(=O)N(CCCN1CCCC1=O)c1cc(Cc2ccc(F)cc2)cnc1C(=O)O. The summed E-state index contributed by atoms with van der Waals surface area (Å²) >= 11 is 0. The van der Waals surface area contributed by atoms with E-state index in [-0.39, 0.29) is 36.3 Å². The van der Waals surface area contributed by atoms with Gasteiger partial charge in [-0.05, 0) is 55.5 Å². The Morgan fingerprint density at radius 2 is 1.94 bits per heavy atom. The first-order chi connectivity index (χ1) is 16.8. The average molecular weight is 486 g/mol. The molecule has 0 spiro atoms. The number of rotatable bonds is 11. The summed E-state index contributed by atoms with van der Waals surface area (Å²) in [6.07, 6.45) is 2.84. The molecular weight excluding hydrogens is 457 g/mol. The van der Waals surface area contributed by atoms with Gasteiger partial charge in [-0.2, -0.15) is 0 Å². The lowest BCUT2D eigenvalue weighted by Crippen LogP contribution is -2.37. The van der Waals surface area contributed by atoms with Crippen molar-refractivity contribution in [3.05, 3.63) is 59.2 Å². The van der Waals surface area contributed by atoms with Crippen LogP contribution in [0.4, 0.5) is 10.1 Å². The molecule has 9 nitrogen and oxygen atoms in total. The molecule has 2 heterocycles. The predicted octanol–water partition coefficient (Wildman–Crippen LogP) is 2.81. The lowest BCUT2D eigenvalue weighted by molar-refractivity contribution is -0.145. The van der Waals surface area contributed by atoms with Crippen LogP contribution in [0.25, 0.3) is 0 Å². The topological polar surface area (TPSA) is 117 Å². The normalized spacial score (nSPS) is 13.1. The summed E-state index contributed by atoms with van der Waals surface area (Å²) in [6, 6.07) is 7.41. The Morgan fingerprint density at radius 3 is 2.57 bits per heavy atom. The average Bonchev–Trinajstić information content (AvgIpc) is 3.22. The number of amides is 2. The van der Waals surface area contributed by atoms with E-state index in [4.69, 9.17) is 4.74 Å². The number of carboxylic acids is 1. The summed E-state index contributed by atoms with van der Waals surface area (Å²) in [7, 11) is 0. The number of likely N-dealkylation sites (tertiary alicyclic amines) is 1. The maximum atomic E-state index is 13.3. The van der Waals surface area contributed by atoms with E-state index in [1.807, 2.05) is 0 Å².